The molecule has 27 heavy (non-hydrogen) atoms. The van der Waals surface area contributed by atoms with Crippen molar-refractivity contribution in [2.45, 2.75) is 30.6 Å². The molecule has 0 unspecified atom stereocenters. The maximum Gasteiger partial charge on any atom is 0.442 e. The van der Waals surface area contributed by atoms with E-state index in [2.05, 4.69) is 9.47 Å². The van der Waals surface area contributed by atoms with Crippen LogP contribution >= 0.6 is 0 Å². The van der Waals surface area contributed by atoms with Crippen molar-refractivity contribution in [2.75, 3.05) is 18.5 Å². The van der Waals surface area contributed by atoms with Gasteiger partial charge >= 0.3 is 23.9 Å². The van der Waals surface area contributed by atoms with Crippen molar-refractivity contribution in [1.29, 1.82) is 0 Å². The molecular weight excluding hydrogens is 395 g/mol. The number of sulfonamides is 1. The van der Waals surface area contributed by atoms with Gasteiger partial charge in [0.25, 0.3) is 0 Å². The van der Waals surface area contributed by atoms with E-state index in [4.69, 9.17) is 5.14 Å². The lowest BCUT2D eigenvalue weighted by Gasteiger charge is -2.34. The summed E-state index contributed by atoms with van der Waals surface area (Å²) in [5.41, 5.74) is -4.01. The van der Waals surface area contributed by atoms with Crippen LogP contribution in [0.25, 0.3) is 0 Å². The lowest BCUT2D eigenvalue weighted by atomic mass is 10.1. The van der Waals surface area contributed by atoms with Crippen molar-refractivity contribution in [3.63, 3.8) is 0 Å². The number of anilines is 1. The van der Waals surface area contributed by atoms with Crippen LogP contribution in [0.15, 0.2) is 29.2 Å². The van der Waals surface area contributed by atoms with Gasteiger partial charge in [0.2, 0.25) is 10.0 Å². The van der Waals surface area contributed by atoms with Crippen molar-refractivity contribution in [1.82, 2.24) is 5.32 Å². The Morgan fingerprint density at radius 1 is 1.07 bits per heavy atom. The molecule has 0 radical (unpaired) electrons. The van der Waals surface area contributed by atoms with E-state index in [9.17, 15) is 31.2 Å². The molecule has 0 aliphatic heterocycles. The summed E-state index contributed by atoms with van der Waals surface area (Å²) in [6, 6.07) is 3.72. The predicted octanol–water partition coefficient (Wildman–Crippen LogP) is 1.31. The van der Waals surface area contributed by atoms with Crippen LogP contribution in [-0.4, -0.2) is 45.5 Å². The van der Waals surface area contributed by atoms with Gasteiger partial charge in [-0.05, 0) is 38.1 Å². The number of rotatable bonds is 7. The van der Waals surface area contributed by atoms with Gasteiger partial charge in [0.1, 0.15) is 0 Å². The van der Waals surface area contributed by atoms with E-state index in [0.29, 0.717) is 0 Å². The minimum atomic E-state index is -5.34. The smallest absolute Gasteiger partial charge is 0.442 e. The summed E-state index contributed by atoms with van der Waals surface area (Å²) in [5.74, 6) is -1.83. The van der Waals surface area contributed by atoms with Crippen molar-refractivity contribution >= 4 is 27.8 Å². The van der Waals surface area contributed by atoms with Gasteiger partial charge in [0.05, 0.1) is 18.1 Å². The minimum absolute atomic E-state index is 0.244. The van der Waals surface area contributed by atoms with E-state index >= 15 is 0 Å². The Hall–Kier alpha value is -2.54. The van der Waals surface area contributed by atoms with Crippen molar-refractivity contribution in [2.24, 2.45) is 5.14 Å². The fraction of sp³-hybridized carbons (Fsp3) is 0.429. The summed E-state index contributed by atoms with van der Waals surface area (Å²) in [5, 5.41) is 8.19. The third-order valence-corrected chi connectivity index (χ3v) is 4.02. The van der Waals surface area contributed by atoms with Crippen molar-refractivity contribution in [3.05, 3.63) is 24.3 Å². The summed E-state index contributed by atoms with van der Waals surface area (Å²) in [6.45, 7) is 2.00. The molecule has 1 aromatic carbocycles. The number of alkyl halides is 3. The number of nitrogens with two attached hydrogens (primary N) is 1. The average molecular weight is 413 g/mol. The largest absolute Gasteiger partial charge is 0.463 e. The van der Waals surface area contributed by atoms with E-state index in [1.54, 1.807) is 0 Å². The first-order valence-corrected chi connectivity index (χ1v) is 9.02. The zero-order chi connectivity index (χ0) is 20.9. The van der Waals surface area contributed by atoms with Gasteiger partial charge in [-0.15, -0.1) is 0 Å². The zero-order valence-electron chi connectivity index (χ0n) is 14.3. The third-order valence-electron chi connectivity index (χ3n) is 3.09. The first-order chi connectivity index (χ1) is 12.4. The molecule has 0 aliphatic rings. The molecule has 0 heterocycles. The highest BCUT2D eigenvalue weighted by atomic mass is 32.2. The summed E-state index contributed by atoms with van der Waals surface area (Å²) in [4.78, 5) is 23.3. The molecule has 0 saturated heterocycles. The molecule has 0 bridgehead atoms. The van der Waals surface area contributed by atoms with E-state index < -0.39 is 40.5 Å². The monoisotopic (exact) mass is 413 g/mol. The normalized spacial score (nSPS) is 14.0. The molecular formula is C14H18F3N3O6S. The van der Waals surface area contributed by atoms with E-state index in [1.807, 2.05) is 5.32 Å². The number of primary sulfonamides is 1. The number of nitrogens with one attached hydrogen (secondary N) is 2. The molecule has 0 aromatic heterocycles. The first kappa shape index (κ1) is 22.5. The summed E-state index contributed by atoms with van der Waals surface area (Å²) >= 11 is 0. The van der Waals surface area contributed by atoms with Gasteiger partial charge < -0.3 is 14.8 Å². The highest BCUT2D eigenvalue weighted by Crippen LogP contribution is 2.33. The Bertz CT molecular complexity index is 782. The highest BCUT2D eigenvalue weighted by Gasteiger charge is 2.64. The van der Waals surface area contributed by atoms with Crippen molar-refractivity contribution < 1.29 is 40.7 Å². The maximum atomic E-state index is 13.8. The Labute approximate surface area is 153 Å². The van der Waals surface area contributed by atoms with Gasteiger partial charge in [-0.25, -0.2) is 23.1 Å². The van der Waals surface area contributed by atoms with Crippen LogP contribution in [0, 0.1) is 0 Å². The second kappa shape index (κ2) is 8.43. The van der Waals surface area contributed by atoms with E-state index in [0.717, 1.165) is 24.3 Å². The molecule has 1 aromatic rings. The number of ether oxygens (including phenoxy) is 2. The molecule has 1 rings (SSSR count). The number of alkyl carbamates (subject to hydrolysis) is 1. The number of hydrogen-bond acceptors (Lipinski definition) is 7. The molecule has 0 aliphatic carbocycles. The zero-order valence-corrected chi connectivity index (χ0v) is 15.1. The van der Waals surface area contributed by atoms with Gasteiger partial charge in [0.15, 0.2) is 0 Å². The summed E-state index contributed by atoms with van der Waals surface area (Å²) in [6.07, 6.45) is -6.86. The number of halogens is 3. The van der Waals surface area contributed by atoms with Gasteiger partial charge in [-0.1, -0.05) is 0 Å². The summed E-state index contributed by atoms with van der Waals surface area (Å²) < 4.78 is 72.6. The molecule has 152 valence electrons. The number of carbonyl (C=O) groups is 2. The Kier molecular flexibility index (Phi) is 7.03. The number of esters is 1. The average Bonchev–Trinajstić information content (AvgIpc) is 2.53. The van der Waals surface area contributed by atoms with Crippen LogP contribution < -0.4 is 15.8 Å². The number of amides is 1. The fourth-order valence-electron chi connectivity index (χ4n) is 1.89. The van der Waals surface area contributed by atoms with Crippen LogP contribution in [-0.2, 0) is 24.3 Å². The quantitative estimate of drug-likeness (QED) is 0.453. The number of carbonyl (C=O) groups excluding carboxylic acids is 2. The fourth-order valence-corrected chi connectivity index (χ4v) is 2.41. The van der Waals surface area contributed by atoms with Crippen LogP contribution in [0.1, 0.15) is 13.8 Å². The van der Waals surface area contributed by atoms with Gasteiger partial charge in [-0.3, -0.25) is 5.32 Å². The first-order valence-electron chi connectivity index (χ1n) is 7.47. The molecule has 13 heteroatoms. The minimum Gasteiger partial charge on any atom is -0.463 e. The van der Waals surface area contributed by atoms with Crippen LogP contribution in [0.3, 0.4) is 0 Å². The summed E-state index contributed by atoms with van der Waals surface area (Å²) in [7, 11) is -4.07. The standard InChI is InChI=1S/C14H18F3N3O6S/c1-3-25-11(21)13(14(15,16)17,20-12(22)26-4-2)19-9-5-7-10(8-6-9)27(18,23)24/h5-8,19H,3-4H2,1-2H3,(H,20,22)(H2,18,23,24)/t13-/m0/s1. The van der Waals surface area contributed by atoms with Crippen LogP contribution in [0.5, 0.6) is 0 Å². The second-order valence-electron chi connectivity index (χ2n) is 5.01. The second-order valence-corrected chi connectivity index (χ2v) is 6.57. The lowest BCUT2D eigenvalue weighted by Crippen LogP contribution is -2.69. The topological polar surface area (TPSA) is 137 Å². The maximum absolute atomic E-state index is 13.8. The molecule has 1 atom stereocenters. The molecule has 4 N–H and O–H groups in total. The molecule has 0 fully saturated rings. The molecule has 0 saturated carbocycles. The lowest BCUT2D eigenvalue weighted by molar-refractivity contribution is -0.205. The van der Waals surface area contributed by atoms with E-state index in [-0.39, 0.29) is 17.2 Å². The number of benzene rings is 1. The molecule has 9 nitrogen and oxygen atoms in total. The van der Waals surface area contributed by atoms with Crippen LogP contribution in [0.4, 0.5) is 23.7 Å². The van der Waals surface area contributed by atoms with Gasteiger partial charge in [-0.2, -0.15) is 13.2 Å². The Morgan fingerprint density at radius 2 is 1.59 bits per heavy atom. The molecule has 1 amide bonds. The van der Waals surface area contributed by atoms with Crippen LogP contribution in [0.2, 0.25) is 0 Å². The SMILES string of the molecule is CCOC(=O)N[C@@](Nc1ccc(S(N)(=O)=O)cc1)(C(=O)OCC)C(F)(F)F. The van der Waals surface area contributed by atoms with Gasteiger partial charge in [0, 0.05) is 5.69 Å². The third kappa shape index (κ3) is 5.47. The molecule has 0 spiro atoms. The number of hydrogen-bond donors (Lipinski definition) is 3. The highest BCUT2D eigenvalue weighted by molar-refractivity contribution is 7.89. The van der Waals surface area contributed by atoms with E-state index in [1.165, 1.54) is 19.2 Å². The Balaban J connectivity index is 3.38. The predicted molar refractivity (Wildman–Crippen MR) is 87.0 cm³/mol. The van der Waals surface area contributed by atoms with Crippen molar-refractivity contribution in [3.8, 4) is 0 Å². The Morgan fingerprint density at radius 3 is 2.00 bits per heavy atom.